The summed E-state index contributed by atoms with van der Waals surface area (Å²) >= 11 is 0. The Bertz CT molecular complexity index is 989. The van der Waals surface area contributed by atoms with Gasteiger partial charge in [0.1, 0.15) is 17.7 Å². The van der Waals surface area contributed by atoms with Crippen molar-refractivity contribution in [3.63, 3.8) is 0 Å². The molecule has 2 rings (SSSR count). The SMILES string of the molecule is C#Cc1ccccc1C(C(=O)NC1CCCCC1)N(CC)C(=O)C(CC(N)=O)NC(=O)OC(C)(C)C. The smallest absolute Gasteiger partial charge is 0.408 e. The summed E-state index contributed by atoms with van der Waals surface area (Å²) in [4.78, 5) is 52.9. The molecule has 0 aromatic heterocycles. The average Bonchev–Trinajstić information content (AvgIpc) is 2.80. The normalized spacial score (nSPS) is 15.6. The lowest BCUT2D eigenvalue weighted by Gasteiger charge is -2.35. The maximum atomic E-state index is 13.7. The molecule has 9 nitrogen and oxygen atoms in total. The molecular weight excluding hydrogens is 460 g/mol. The van der Waals surface area contributed by atoms with Gasteiger partial charge in [0.2, 0.25) is 17.7 Å². The molecule has 0 bridgehead atoms. The molecule has 1 aromatic rings. The Balaban J connectivity index is 2.44. The highest BCUT2D eigenvalue weighted by molar-refractivity contribution is 5.94. The second-order valence-corrected chi connectivity index (χ2v) is 9.97. The van der Waals surface area contributed by atoms with E-state index in [-0.39, 0.29) is 18.5 Å². The highest BCUT2D eigenvalue weighted by atomic mass is 16.6. The van der Waals surface area contributed by atoms with E-state index in [9.17, 15) is 19.2 Å². The van der Waals surface area contributed by atoms with Crippen LogP contribution in [0, 0.1) is 12.3 Å². The minimum Gasteiger partial charge on any atom is -0.444 e. The van der Waals surface area contributed by atoms with Crippen LogP contribution in [0.25, 0.3) is 0 Å². The van der Waals surface area contributed by atoms with Crippen molar-refractivity contribution in [2.45, 2.75) is 89.9 Å². The monoisotopic (exact) mass is 498 g/mol. The Morgan fingerprint density at radius 3 is 2.36 bits per heavy atom. The van der Waals surface area contributed by atoms with Crippen LogP contribution in [-0.4, -0.2) is 52.9 Å². The number of ether oxygens (including phenoxy) is 1. The molecule has 1 aromatic carbocycles. The Kier molecular flexibility index (Phi) is 10.3. The van der Waals surface area contributed by atoms with E-state index in [4.69, 9.17) is 16.9 Å². The molecule has 4 amide bonds. The molecule has 0 saturated heterocycles. The van der Waals surface area contributed by atoms with Gasteiger partial charge in [0, 0.05) is 18.2 Å². The number of rotatable bonds is 9. The van der Waals surface area contributed by atoms with Gasteiger partial charge in [0.05, 0.1) is 6.42 Å². The number of terminal acetylenes is 1. The highest BCUT2D eigenvalue weighted by Gasteiger charge is 2.37. The minimum atomic E-state index is -1.32. The zero-order chi connectivity index (χ0) is 26.9. The van der Waals surface area contributed by atoms with Gasteiger partial charge in [-0.15, -0.1) is 6.42 Å². The number of nitrogens with one attached hydrogen (secondary N) is 2. The van der Waals surface area contributed by atoms with Gasteiger partial charge < -0.3 is 26.0 Å². The molecule has 196 valence electrons. The maximum Gasteiger partial charge on any atom is 0.408 e. The zero-order valence-electron chi connectivity index (χ0n) is 21.6. The van der Waals surface area contributed by atoms with Crippen LogP contribution in [0.2, 0.25) is 0 Å². The van der Waals surface area contributed by atoms with Crippen molar-refractivity contribution in [3.8, 4) is 12.3 Å². The van der Waals surface area contributed by atoms with Gasteiger partial charge in [-0.3, -0.25) is 14.4 Å². The van der Waals surface area contributed by atoms with Crippen molar-refractivity contribution in [2.75, 3.05) is 6.54 Å². The molecule has 2 unspecified atom stereocenters. The van der Waals surface area contributed by atoms with Gasteiger partial charge in [0.25, 0.3) is 0 Å². The topological polar surface area (TPSA) is 131 Å². The zero-order valence-corrected chi connectivity index (χ0v) is 21.6. The molecule has 9 heteroatoms. The molecule has 1 fully saturated rings. The number of hydrogen-bond donors (Lipinski definition) is 3. The van der Waals surface area contributed by atoms with E-state index in [0.29, 0.717) is 11.1 Å². The first-order valence-corrected chi connectivity index (χ1v) is 12.4. The van der Waals surface area contributed by atoms with E-state index in [1.54, 1.807) is 52.0 Å². The summed E-state index contributed by atoms with van der Waals surface area (Å²) in [6.45, 7) is 6.87. The van der Waals surface area contributed by atoms with E-state index in [1.807, 2.05) is 0 Å². The minimum absolute atomic E-state index is 0.00172. The van der Waals surface area contributed by atoms with E-state index < -0.39 is 42.0 Å². The van der Waals surface area contributed by atoms with Crippen molar-refractivity contribution in [1.29, 1.82) is 0 Å². The summed E-state index contributed by atoms with van der Waals surface area (Å²) in [5, 5.41) is 5.53. The van der Waals surface area contributed by atoms with Gasteiger partial charge in [-0.2, -0.15) is 0 Å². The number of hydrogen-bond acceptors (Lipinski definition) is 5. The molecule has 1 saturated carbocycles. The van der Waals surface area contributed by atoms with Crippen LogP contribution in [0.1, 0.15) is 83.4 Å². The summed E-state index contributed by atoms with van der Waals surface area (Å²) in [6, 6.07) is 4.53. The molecule has 0 spiro atoms. The van der Waals surface area contributed by atoms with Crippen molar-refractivity contribution >= 4 is 23.8 Å². The van der Waals surface area contributed by atoms with E-state index in [0.717, 1.165) is 32.1 Å². The highest BCUT2D eigenvalue weighted by Crippen LogP contribution is 2.27. The van der Waals surface area contributed by atoms with Crippen LogP contribution in [0.15, 0.2) is 24.3 Å². The summed E-state index contributed by atoms with van der Waals surface area (Å²) < 4.78 is 5.26. The van der Waals surface area contributed by atoms with Gasteiger partial charge in [0.15, 0.2) is 0 Å². The molecule has 36 heavy (non-hydrogen) atoms. The fourth-order valence-corrected chi connectivity index (χ4v) is 4.36. The van der Waals surface area contributed by atoms with Crippen molar-refractivity contribution in [1.82, 2.24) is 15.5 Å². The Labute approximate surface area is 213 Å². The lowest BCUT2D eigenvalue weighted by molar-refractivity contribution is -0.143. The first kappa shape index (κ1) is 28.7. The third kappa shape index (κ3) is 8.29. The third-order valence-electron chi connectivity index (χ3n) is 5.94. The van der Waals surface area contributed by atoms with Crippen LogP contribution in [-0.2, 0) is 19.1 Å². The van der Waals surface area contributed by atoms with Gasteiger partial charge in [-0.25, -0.2) is 4.79 Å². The number of carbonyl (C=O) groups is 4. The number of likely N-dealkylation sites (N-methyl/N-ethyl adjacent to an activating group) is 1. The van der Waals surface area contributed by atoms with E-state index in [2.05, 4.69) is 16.6 Å². The largest absolute Gasteiger partial charge is 0.444 e. The molecule has 4 N–H and O–H groups in total. The molecule has 1 aliphatic carbocycles. The molecule has 0 radical (unpaired) electrons. The third-order valence-corrected chi connectivity index (χ3v) is 5.94. The first-order valence-electron chi connectivity index (χ1n) is 12.4. The van der Waals surface area contributed by atoms with Crippen molar-refractivity contribution < 1.29 is 23.9 Å². The number of amides is 4. The summed E-state index contributed by atoms with van der Waals surface area (Å²) in [5.41, 5.74) is 5.52. The van der Waals surface area contributed by atoms with Gasteiger partial charge in [-0.1, -0.05) is 43.4 Å². The van der Waals surface area contributed by atoms with E-state index >= 15 is 0 Å². The number of benzene rings is 1. The Morgan fingerprint density at radius 1 is 1.17 bits per heavy atom. The van der Waals surface area contributed by atoms with Crippen molar-refractivity contribution in [2.24, 2.45) is 5.73 Å². The second kappa shape index (κ2) is 13.0. The summed E-state index contributed by atoms with van der Waals surface area (Å²) in [6.07, 6.45) is 9.28. The predicted molar refractivity (Wildman–Crippen MR) is 136 cm³/mol. The maximum absolute atomic E-state index is 13.7. The van der Waals surface area contributed by atoms with Gasteiger partial charge in [-0.05, 0) is 52.2 Å². The van der Waals surface area contributed by atoms with Gasteiger partial charge >= 0.3 is 6.09 Å². The summed E-state index contributed by atoms with van der Waals surface area (Å²) in [5.74, 6) is 0.799. The van der Waals surface area contributed by atoms with Crippen LogP contribution in [0.3, 0.4) is 0 Å². The Hall–Kier alpha value is -3.54. The number of alkyl carbamates (subject to hydrolysis) is 1. The number of nitrogens with two attached hydrogens (primary N) is 1. The number of primary amides is 1. The molecule has 2 atom stereocenters. The number of nitrogens with zero attached hydrogens (tertiary/aromatic N) is 1. The van der Waals surface area contributed by atoms with Crippen LogP contribution >= 0.6 is 0 Å². The molecular formula is C27H38N4O5. The number of carbonyl (C=O) groups excluding carboxylic acids is 4. The van der Waals surface area contributed by atoms with Crippen LogP contribution in [0.4, 0.5) is 4.79 Å². The Morgan fingerprint density at radius 2 is 1.81 bits per heavy atom. The molecule has 0 aliphatic heterocycles. The predicted octanol–water partition coefficient (Wildman–Crippen LogP) is 2.78. The van der Waals surface area contributed by atoms with Crippen LogP contribution < -0.4 is 16.4 Å². The lowest BCUT2D eigenvalue weighted by atomic mass is 9.93. The average molecular weight is 499 g/mol. The van der Waals surface area contributed by atoms with E-state index in [1.165, 1.54) is 4.90 Å². The first-order chi connectivity index (χ1) is 17.0. The van der Waals surface area contributed by atoms with Crippen molar-refractivity contribution in [3.05, 3.63) is 35.4 Å². The second-order valence-electron chi connectivity index (χ2n) is 9.97. The lowest BCUT2D eigenvalue weighted by Crippen LogP contribution is -2.54. The fourth-order valence-electron chi connectivity index (χ4n) is 4.36. The fraction of sp³-hybridized carbons (Fsp3) is 0.556. The quantitative estimate of drug-likeness (QED) is 0.451. The molecule has 0 heterocycles. The summed E-state index contributed by atoms with van der Waals surface area (Å²) in [7, 11) is 0. The standard InChI is InChI=1S/C27H38N4O5/c1-6-18-13-11-12-16-20(18)23(24(33)29-19-14-9-8-10-15-19)31(7-2)25(34)21(17-22(28)32)30-26(35)36-27(3,4)5/h1,11-13,16,19,21,23H,7-10,14-15,17H2,2-5H3,(H2,28,32)(H,29,33)(H,30,35). The van der Waals surface area contributed by atoms with Crippen LogP contribution in [0.5, 0.6) is 0 Å². The molecule has 1 aliphatic rings.